The Morgan fingerprint density at radius 2 is 2.17 bits per heavy atom. The molecule has 1 aromatic rings. The van der Waals surface area contributed by atoms with E-state index in [1.54, 1.807) is 0 Å². The van der Waals surface area contributed by atoms with E-state index in [0.29, 0.717) is 0 Å². The molecule has 0 amide bonds. The number of hydrogen-bond acceptors (Lipinski definition) is 3. The fraction of sp³-hybridized carbons (Fsp3) is 0. The minimum absolute atomic E-state index is 0.120. The quantitative estimate of drug-likeness (QED) is 0.394. The van der Waals surface area contributed by atoms with Gasteiger partial charge in [0.15, 0.2) is 11.6 Å². The number of carbonyl (C=O) groups excluding carboxylic acids is 1. The molecule has 0 atom stereocenters. The first-order valence-electron chi connectivity index (χ1n) is 3.07. The van der Waals surface area contributed by atoms with Crippen molar-refractivity contribution in [3.63, 3.8) is 0 Å². The number of nitro benzene ring substituents is 1. The highest BCUT2D eigenvalue weighted by atomic mass is 35.5. The number of carbonyl (C=O) groups is 1. The molecule has 0 N–H and O–H groups in total. The molecular formula is C7H5ClNO3+. The third kappa shape index (κ3) is 1.79. The molecule has 0 aliphatic rings. The van der Waals surface area contributed by atoms with Crippen LogP contribution < -0.4 is 0 Å². The first-order valence-corrected chi connectivity index (χ1v) is 3.48. The number of benzene rings is 1. The SMILES string of the molecule is O=C([ClH+])c1cccc([N+](=O)[O-])c1. The van der Waals surface area contributed by atoms with Crippen LogP contribution in [0.5, 0.6) is 0 Å². The summed E-state index contributed by atoms with van der Waals surface area (Å²) in [7, 11) is 0. The normalized spacial score (nSPS) is 9.42. The Morgan fingerprint density at radius 3 is 2.67 bits per heavy atom. The van der Waals surface area contributed by atoms with Crippen molar-refractivity contribution in [2.24, 2.45) is 0 Å². The molecule has 0 unspecified atom stereocenters. The molecule has 0 aromatic heterocycles. The molecule has 0 radical (unpaired) electrons. The van der Waals surface area contributed by atoms with E-state index >= 15 is 0 Å². The molecule has 0 aliphatic heterocycles. The molecule has 1 aromatic carbocycles. The van der Waals surface area contributed by atoms with E-state index in [1.165, 1.54) is 18.2 Å². The van der Waals surface area contributed by atoms with E-state index in [4.69, 9.17) is 0 Å². The molecular weight excluding hydrogens is 182 g/mol. The fourth-order valence-electron chi connectivity index (χ4n) is 0.746. The predicted molar refractivity (Wildman–Crippen MR) is 38.8 cm³/mol. The van der Waals surface area contributed by atoms with Gasteiger partial charge in [-0.15, -0.1) is 0 Å². The van der Waals surface area contributed by atoms with Crippen LogP contribution in [0.2, 0.25) is 0 Å². The predicted octanol–water partition coefficient (Wildman–Crippen LogP) is 1.02. The van der Waals surface area contributed by atoms with Gasteiger partial charge in [0.05, 0.1) is 10.5 Å². The van der Waals surface area contributed by atoms with Gasteiger partial charge in [0.1, 0.15) is 0 Å². The van der Waals surface area contributed by atoms with Crippen LogP contribution in [0.1, 0.15) is 10.4 Å². The molecule has 12 heavy (non-hydrogen) atoms. The average Bonchev–Trinajstić information content (AvgIpc) is 2.04. The third-order valence-electron chi connectivity index (χ3n) is 1.29. The van der Waals surface area contributed by atoms with Crippen LogP contribution in [0.4, 0.5) is 5.69 Å². The molecule has 0 saturated carbocycles. The van der Waals surface area contributed by atoms with E-state index < -0.39 is 10.2 Å². The highest BCUT2D eigenvalue weighted by Crippen LogP contribution is 2.12. The topological polar surface area (TPSA) is 60.2 Å². The largest absolute Gasteiger partial charge is 0.431 e. The summed E-state index contributed by atoms with van der Waals surface area (Å²) in [6.45, 7) is 0. The second kappa shape index (κ2) is 3.32. The van der Waals surface area contributed by atoms with Crippen molar-refractivity contribution in [3.05, 3.63) is 39.9 Å². The van der Waals surface area contributed by atoms with Gasteiger partial charge in [-0.1, -0.05) is 6.07 Å². The maximum absolute atomic E-state index is 10.6. The Kier molecular flexibility index (Phi) is 2.40. The molecule has 0 heterocycles. The van der Waals surface area contributed by atoms with Gasteiger partial charge in [0, 0.05) is 12.1 Å². The Labute approximate surface area is 72.9 Å². The first-order chi connectivity index (χ1) is 5.61. The molecule has 0 saturated heterocycles. The van der Waals surface area contributed by atoms with Crippen molar-refractivity contribution in [2.45, 2.75) is 0 Å². The smallest absolute Gasteiger partial charge is 0.258 e. The lowest BCUT2D eigenvalue weighted by Crippen LogP contribution is -1.94. The number of nitro groups is 1. The molecule has 0 aliphatic carbocycles. The van der Waals surface area contributed by atoms with Crippen LogP contribution in [0.15, 0.2) is 24.3 Å². The van der Waals surface area contributed by atoms with Gasteiger partial charge in [-0.25, -0.2) is 4.79 Å². The molecule has 4 nitrogen and oxygen atoms in total. The van der Waals surface area contributed by atoms with E-state index in [2.05, 4.69) is 11.6 Å². The highest BCUT2D eigenvalue weighted by Gasteiger charge is 2.13. The summed E-state index contributed by atoms with van der Waals surface area (Å²) in [6, 6.07) is 5.34. The van der Waals surface area contributed by atoms with Crippen molar-refractivity contribution >= 4 is 10.9 Å². The number of non-ortho nitro benzene ring substituents is 1. The Bertz CT molecular complexity index is 308. The van der Waals surface area contributed by atoms with Crippen molar-refractivity contribution in [1.82, 2.24) is 0 Å². The average molecular weight is 187 g/mol. The summed E-state index contributed by atoms with van der Waals surface area (Å²) < 4.78 is 0. The van der Waals surface area contributed by atoms with Crippen molar-refractivity contribution in [3.8, 4) is 0 Å². The minimum atomic E-state index is -0.585. The first kappa shape index (κ1) is 8.67. The maximum Gasteiger partial charge on any atom is 0.431 e. The molecule has 1 rings (SSSR count). The van der Waals surface area contributed by atoms with E-state index in [-0.39, 0.29) is 11.3 Å². The van der Waals surface area contributed by atoms with Crippen LogP contribution in [0.25, 0.3) is 0 Å². The van der Waals surface area contributed by atoms with Gasteiger partial charge < -0.3 is 0 Å². The zero-order chi connectivity index (χ0) is 9.14. The van der Waals surface area contributed by atoms with E-state index in [1.807, 2.05) is 0 Å². The highest BCUT2D eigenvalue weighted by molar-refractivity contribution is 5.86. The van der Waals surface area contributed by atoms with Crippen LogP contribution in [-0.4, -0.2) is 10.2 Å². The summed E-state index contributed by atoms with van der Waals surface area (Å²) >= 11 is 4.33. The third-order valence-corrected chi connectivity index (χ3v) is 1.53. The zero-order valence-electron chi connectivity index (χ0n) is 5.89. The van der Waals surface area contributed by atoms with Crippen LogP contribution in [0, 0.1) is 21.7 Å². The Balaban J connectivity index is 3.12. The van der Waals surface area contributed by atoms with Gasteiger partial charge in [-0.05, 0) is 6.07 Å². The lowest BCUT2D eigenvalue weighted by atomic mass is 10.2. The summed E-state index contributed by atoms with van der Waals surface area (Å²) in [4.78, 5) is 20.3. The number of nitrogens with zero attached hydrogens (tertiary/aromatic N) is 1. The Morgan fingerprint density at radius 1 is 1.50 bits per heavy atom. The summed E-state index contributed by atoms with van der Waals surface area (Å²) in [5.41, 5.74) is 0.0601. The number of rotatable bonds is 2. The minimum Gasteiger partial charge on any atom is -0.258 e. The second-order valence-corrected chi connectivity index (χ2v) is 2.47. The summed E-state index contributed by atoms with van der Waals surface area (Å²) in [5, 5.41) is 9.65. The van der Waals surface area contributed by atoms with Crippen LogP contribution in [0.3, 0.4) is 0 Å². The molecule has 0 bridgehead atoms. The van der Waals surface area contributed by atoms with Crippen molar-refractivity contribution < 1.29 is 21.3 Å². The van der Waals surface area contributed by atoms with Gasteiger partial charge in [0.2, 0.25) is 0 Å². The summed E-state index contributed by atoms with van der Waals surface area (Å²) in [5.74, 6) is 0. The molecule has 5 heteroatoms. The van der Waals surface area contributed by atoms with Gasteiger partial charge in [-0.3, -0.25) is 10.1 Å². The van der Waals surface area contributed by atoms with Crippen molar-refractivity contribution in [1.29, 1.82) is 0 Å². The Hall–Kier alpha value is -1.42. The van der Waals surface area contributed by atoms with Gasteiger partial charge in [0.25, 0.3) is 5.69 Å². The van der Waals surface area contributed by atoms with Crippen LogP contribution in [-0.2, 0) is 0 Å². The molecule has 0 fully saturated rings. The molecule has 0 spiro atoms. The standard InChI is InChI=1S/C7H5ClNO3/c8-7(10)5-2-1-3-6(4-5)9(11)12/h1-4,8H/q+1. The van der Waals surface area contributed by atoms with Gasteiger partial charge >= 0.3 is 5.24 Å². The monoisotopic (exact) mass is 186 g/mol. The lowest BCUT2D eigenvalue weighted by molar-refractivity contribution is -0.385. The summed E-state index contributed by atoms with van der Waals surface area (Å²) in [6.07, 6.45) is 0. The number of hydrogen-bond donors (Lipinski definition) is 0. The van der Waals surface area contributed by atoms with E-state index in [9.17, 15) is 14.9 Å². The van der Waals surface area contributed by atoms with Gasteiger partial charge in [-0.2, -0.15) is 0 Å². The van der Waals surface area contributed by atoms with E-state index in [0.717, 1.165) is 6.07 Å². The maximum atomic E-state index is 10.6. The number of halogens is 1. The zero-order valence-corrected chi connectivity index (χ0v) is 6.71. The molecule has 62 valence electrons. The second-order valence-electron chi connectivity index (χ2n) is 2.09. The van der Waals surface area contributed by atoms with Crippen molar-refractivity contribution in [2.75, 3.05) is 0 Å². The fourth-order valence-corrected chi connectivity index (χ4v) is 0.873. The lowest BCUT2D eigenvalue weighted by Gasteiger charge is -1.89. The van der Waals surface area contributed by atoms with Crippen LogP contribution >= 0.6 is 0 Å².